The number of amides is 1. The predicted octanol–water partition coefficient (Wildman–Crippen LogP) is 4.25. The third-order valence-electron chi connectivity index (χ3n) is 3.90. The molecular weight excluding hydrogens is 392 g/mol. The lowest BCUT2D eigenvalue weighted by Crippen LogP contribution is -2.14. The number of para-hydroxylation sites is 3. The maximum Gasteiger partial charge on any atom is 0.262 e. The highest BCUT2D eigenvalue weighted by atomic mass is 32.2. The van der Waals surface area contributed by atoms with Crippen molar-refractivity contribution in [3.8, 4) is 17.2 Å². The molecule has 3 rings (SSSR count). The van der Waals surface area contributed by atoms with Crippen LogP contribution in [0.3, 0.4) is 0 Å². The third-order valence-corrected chi connectivity index (χ3v) is 5.26. The molecule has 8 heteroatoms. The summed E-state index contributed by atoms with van der Waals surface area (Å²) in [4.78, 5) is 11.3. The average molecular weight is 412 g/mol. The van der Waals surface area contributed by atoms with Crippen LogP contribution in [0.2, 0.25) is 0 Å². The minimum Gasteiger partial charge on any atom is -0.495 e. The third kappa shape index (κ3) is 5.05. The zero-order valence-electron chi connectivity index (χ0n) is 15.9. The van der Waals surface area contributed by atoms with Crippen LogP contribution in [-0.2, 0) is 14.8 Å². The van der Waals surface area contributed by atoms with Crippen molar-refractivity contribution >= 4 is 27.3 Å². The smallest absolute Gasteiger partial charge is 0.262 e. The Morgan fingerprint density at radius 3 is 2.24 bits per heavy atom. The summed E-state index contributed by atoms with van der Waals surface area (Å²) in [7, 11) is -2.53. The molecule has 0 heterocycles. The highest BCUT2D eigenvalue weighted by Crippen LogP contribution is 2.32. The molecule has 29 heavy (non-hydrogen) atoms. The molecule has 0 aliphatic heterocycles. The van der Waals surface area contributed by atoms with Gasteiger partial charge in [0.2, 0.25) is 5.91 Å². The van der Waals surface area contributed by atoms with E-state index >= 15 is 0 Å². The van der Waals surface area contributed by atoms with Gasteiger partial charge >= 0.3 is 0 Å². The van der Waals surface area contributed by atoms with Crippen LogP contribution in [0.5, 0.6) is 17.2 Å². The van der Waals surface area contributed by atoms with Gasteiger partial charge in [0.05, 0.1) is 23.4 Å². The summed E-state index contributed by atoms with van der Waals surface area (Å²) in [5.74, 6) is 0.894. The van der Waals surface area contributed by atoms with Crippen LogP contribution in [0.4, 0.5) is 11.4 Å². The lowest BCUT2D eigenvalue weighted by molar-refractivity contribution is -0.114. The predicted molar refractivity (Wildman–Crippen MR) is 111 cm³/mol. The summed E-state index contributed by atoms with van der Waals surface area (Å²) in [6.45, 7) is 1.36. The Morgan fingerprint density at radius 2 is 1.55 bits per heavy atom. The van der Waals surface area contributed by atoms with E-state index in [4.69, 9.17) is 9.47 Å². The van der Waals surface area contributed by atoms with Crippen molar-refractivity contribution in [2.75, 3.05) is 17.1 Å². The molecule has 0 fully saturated rings. The summed E-state index contributed by atoms with van der Waals surface area (Å²) >= 11 is 0. The monoisotopic (exact) mass is 412 g/mol. The number of hydrogen-bond donors (Lipinski definition) is 2. The van der Waals surface area contributed by atoms with E-state index in [1.165, 1.54) is 32.2 Å². The van der Waals surface area contributed by atoms with Crippen LogP contribution in [0, 0.1) is 0 Å². The van der Waals surface area contributed by atoms with Gasteiger partial charge in [-0.25, -0.2) is 8.42 Å². The van der Waals surface area contributed by atoms with Gasteiger partial charge in [0.25, 0.3) is 10.0 Å². The highest BCUT2D eigenvalue weighted by molar-refractivity contribution is 7.92. The molecule has 3 aromatic rings. The highest BCUT2D eigenvalue weighted by Gasteiger charge is 2.19. The Hall–Kier alpha value is -3.52. The van der Waals surface area contributed by atoms with Gasteiger partial charge in [-0.2, -0.15) is 0 Å². The van der Waals surface area contributed by atoms with E-state index in [1.54, 1.807) is 36.4 Å². The fourth-order valence-corrected chi connectivity index (χ4v) is 3.68. The number of hydrogen-bond acceptors (Lipinski definition) is 5. The van der Waals surface area contributed by atoms with Gasteiger partial charge in [-0.05, 0) is 36.4 Å². The van der Waals surface area contributed by atoms with E-state index < -0.39 is 10.0 Å². The molecule has 0 aliphatic rings. The van der Waals surface area contributed by atoms with Gasteiger partial charge in [-0.3, -0.25) is 9.52 Å². The summed E-state index contributed by atoms with van der Waals surface area (Å²) in [5.41, 5.74) is 0.674. The van der Waals surface area contributed by atoms with E-state index in [2.05, 4.69) is 10.0 Å². The lowest BCUT2D eigenvalue weighted by atomic mass is 10.3. The molecular formula is C21H20N2O5S. The molecule has 1 amide bonds. The summed E-state index contributed by atoms with van der Waals surface area (Å²) < 4.78 is 39.3. The molecule has 0 aliphatic carbocycles. The van der Waals surface area contributed by atoms with E-state index in [0.717, 1.165) is 0 Å². The summed E-state index contributed by atoms with van der Waals surface area (Å²) in [6, 6.07) is 20.0. The number of rotatable bonds is 7. The fourth-order valence-electron chi connectivity index (χ4n) is 2.59. The van der Waals surface area contributed by atoms with Crippen LogP contribution in [0.25, 0.3) is 0 Å². The normalized spacial score (nSPS) is 10.8. The van der Waals surface area contributed by atoms with Crippen molar-refractivity contribution in [1.29, 1.82) is 0 Å². The van der Waals surface area contributed by atoms with E-state index in [-0.39, 0.29) is 16.6 Å². The number of benzene rings is 3. The number of methoxy groups -OCH3 is 1. The van der Waals surface area contributed by atoms with Crippen molar-refractivity contribution < 1.29 is 22.7 Å². The van der Waals surface area contributed by atoms with Crippen LogP contribution in [0.1, 0.15) is 6.92 Å². The van der Waals surface area contributed by atoms with Crippen LogP contribution >= 0.6 is 0 Å². The molecule has 150 valence electrons. The van der Waals surface area contributed by atoms with Crippen molar-refractivity contribution in [1.82, 2.24) is 0 Å². The standard InChI is InChI=1S/C21H20N2O5S/c1-15(24)22-18-13-12-17(14-21(18)27-2)29(25,26)23-19-10-6-7-11-20(19)28-16-8-4-3-5-9-16/h3-14,23H,1-2H3,(H,22,24). The zero-order valence-corrected chi connectivity index (χ0v) is 16.7. The number of sulfonamides is 1. The largest absolute Gasteiger partial charge is 0.495 e. The second kappa shape index (κ2) is 8.66. The molecule has 0 radical (unpaired) electrons. The zero-order chi connectivity index (χ0) is 20.9. The van der Waals surface area contributed by atoms with E-state index in [9.17, 15) is 13.2 Å². The number of ether oxygens (including phenoxy) is 2. The van der Waals surface area contributed by atoms with Crippen LogP contribution in [-0.4, -0.2) is 21.4 Å². The molecule has 7 nitrogen and oxygen atoms in total. The summed E-state index contributed by atoms with van der Waals surface area (Å²) in [6.07, 6.45) is 0. The van der Waals surface area contributed by atoms with Crippen molar-refractivity contribution in [2.45, 2.75) is 11.8 Å². The molecule has 0 saturated carbocycles. The SMILES string of the molecule is COc1cc(S(=O)(=O)Nc2ccccc2Oc2ccccc2)ccc1NC(C)=O. The first-order chi connectivity index (χ1) is 13.9. The van der Waals surface area contributed by atoms with E-state index in [0.29, 0.717) is 22.9 Å². The Kier molecular flexibility index (Phi) is 6.04. The first kappa shape index (κ1) is 20.2. The number of nitrogens with one attached hydrogen (secondary N) is 2. The first-order valence-corrected chi connectivity index (χ1v) is 10.2. The topological polar surface area (TPSA) is 93.7 Å². The molecule has 3 aromatic carbocycles. The van der Waals surface area contributed by atoms with Crippen molar-refractivity contribution in [2.24, 2.45) is 0 Å². The molecule has 0 bridgehead atoms. The van der Waals surface area contributed by atoms with Gasteiger partial charge in [0, 0.05) is 13.0 Å². The lowest BCUT2D eigenvalue weighted by Gasteiger charge is -2.15. The molecule has 2 N–H and O–H groups in total. The van der Waals surface area contributed by atoms with Gasteiger partial charge in [0.15, 0.2) is 5.75 Å². The number of carbonyl (C=O) groups excluding carboxylic acids is 1. The fraction of sp³-hybridized carbons (Fsp3) is 0.0952. The maximum absolute atomic E-state index is 12.9. The second-order valence-electron chi connectivity index (χ2n) is 6.06. The maximum atomic E-state index is 12.9. The average Bonchev–Trinajstić information content (AvgIpc) is 2.70. The van der Waals surface area contributed by atoms with E-state index in [1.807, 2.05) is 18.2 Å². The van der Waals surface area contributed by atoms with Crippen molar-refractivity contribution in [3.63, 3.8) is 0 Å². The van der Waals surface area contributed by atoms with Crippen LogP contribution < -0.4 is 19.5 Å². The molecule has 0 unspecified atom stereocenters. The first-order valence-electron chi connectivity index (χ1n) is 8.69. The quantitative estimate of drug-likeness (QED) is 0.605. The summed E-state index contributed by atoms with van der Waals surface area (Å²) in [5, 5.41) is 2.59. The van der Waals surface area contributed by atoms with Gasteiger partial charge in [0.1, 0.15) is 11.5 Å². The Bertz CT molecular complexity index is 1110. The molecule has 0 aromatic heterocycles. The molecule has 0 saturated heterocycles. The molecule has 0 atom stereocenters. The Morgan fingerprint density at radius 1 is 0.862 bits per heavy atom. The Labute approximate surface area is 169 Å². The molecule has 0 spiro atoms. The van der Waals surface area contributed by atoms with Gasteiger partial charge in [-0.1, -0.05) is 30.3 Å². The minimum atomic E-state index is -3.93. The van der Waals surface area contributed by atoms with Gasteiger partial charge in [-0.15, -0.1) is 0 Å². The Balaban J connectivity index is 1.89. The number of anilines is 2. The van der Waals surface area contributed by atoms with Crippen LogP contribution in [0.15, 0.2) is 77.7 Å². The number of carbonyl (C=O) groups is 1. The minimum absolute atomic E-state index is 0.0158. The van der Waals surface area contributed by atoms with Crippen molar-refractivity contribution in [3.05, 3.63) is 72.8 Å². The van der Waals surface area contributed by atoms with Gasteiger partial charge < -0.3 is 14.8 Å². The second-order valence-corrected chi connectivity index (χ2v) is 7.74.